The third kappa shape index (κ3) is 5.73. The van der Waals surface area contributed by atoms with Crippen LogP contribution in [-0.2, 0) is 11.8 Å². The summed E-state index contributed by atoms with van der Waals surface area (Å²) in [4.78, 5) is 32.2. The molecular formula is C26H31ClN6O2S. The van der Waals surface area contributed by atoms with Crippen molar-refractivity contribution in [3.8, 4) is 0 Å². The maximum Gasteiger partial charge on any atom is 0.262 e. The Labute approximate surface area is 219 Å². The Morgan fingerprint density at radius 2 is 2.00 bits per heavy atom. The molecule has 2 aliphatic rings. The van der Waals surface area contributed by atoms with Crippen molar-refractivity contribution in [1.82, 2.24) is 20.1 Å². The Morgan fingerprint density at radius 3 is 2.72 bits per heavy atom. The van der Waals surface area contributed by atoms with Gasteiger partial charge in [0.15, 0.2) is 0 Å². The summed E-state index contributed by atoms with van der Waals surface area (Å²) in [6.07, 6.45) is 9.27. The lowest BCUT2D eigenvalue weighted by Crippen LogP contribution is -2.44. The molecule has 0 spiro atoms. The van der Waals surface area contributed by atoms with Crippen LogP contribution in [0.15, 0.2) is 36.8 Å². The minimum absolute atomic E-state index is 0.0367. The lowest BCUT2D eigenvalue weighted by molar-refractivity contribution is -0.118. The van der Waals surface area contributed by atoms with Crippen molar-refractivity contribution in [1.29, 1.82) is 0 Å². The number of carbonyl (C=O) groups excluding carboxylic acids is 2. The van der Waals surface area contributed by atoms with Crippen LogP contribution in [0.5, 0.6) is 0 Å². The Bertz CT molecular complexity index is 1260. The molecule has 3 aromatic rings. The number of rotatable bonds is 9. The molecule has 2 aliphatic carbocycles. The summed E-state index contributed by atoms with van der Waals surface area (Å²) in [6.45, 7) is 3.95. The first-order chi connectivity index (χ1) is 17.2. The summed E-state index contributed by atoms with van der Waals surface area (Å²) in [6, 6.07) is 4.98. The number of halogens is 1. The number of carbonyl (C=O) groups is 2. The first-order valence-corrected chi connectivity index (χ1v) is 13.5. The molecule has 3 heterocycles. The molecule has 0 radical (unpaired) electrons. The molecule has 2 fully saturated rings. The number of pyridine rings is 1. The van der Waals surface area contributed by atoms with Crippen LogP contribution in [0.25, 0.3) is 0 Å². The second-order valence-corrected chi connectivity index (χ2v) is 11.7. The van der Waals surface area contributed by atoms with Gasteiger partial charge in [-0.05, 0) is 75.5 Å². The van der Waals surface area contributed by atoms with Crippen LogP contribution in [0.4, 0.5) is 11.4 Å². The predicted molar refractivity (Wildman–Crippen MR) is 142 cm³/mol. The fraction of sp³-hybridized carbons (Fsp3) is 0.462. The van der Waals surface area contributed by atoms with E-state index in [1.54, 1.807) is 30.3 Å². The predicted octanol–water partition coefficient (Wildman–Crippen LogP) is 5.18. The number of thiophene rings is 1. The molecule has 0 bridgehead atoms. The Hall–Kier alpha value is -2.91. The SMILES string of the molecule is Cc1ncc(Cl)cc1N[C@@H](C)c1ccc(C(=O)N[C@@H](CC2CC3CC3C2)C(=O)Nc2cnn(C)c2)s1. The number of nitrogens with zero attached hydrogens (tertiary/aromatic N) is 3. The normalized spacial score (nSPS) is 21.9. The van der Waals surface area contributed by atoms with E-state index in [1.165, 1.54) is 17.8 Å². The molecule has 8 nitrogen and oxygen atoms in total. The van der Waals surface area contributed by atoms with Crippen LogP contribution in [0, 0.1) is 24.7 Å². The first-order valence-electron chi connectivity index (χ1n) is 12.3. The number of hydrogen-bond donors (Lipinski definition) is 3. The largest absolute Gasteiger partial charge is 0.376 e. The number of amides is 2. The third-order valence-electron chi connectivity index (χ3n) is 7.21. The lowest BCUT2D eigenvalue weighted by Gasteiger charge is -2.22. The lowest BCUT2D eigenvalue weighted by atomic mass is 9.94. The van der Waals surface area contributed by atoms with Crippen molar-refractivity contribution in [2.45, 2.75) is 51.6 Å². The van der Waals surface area contributed by atoms with Gasteiger partial charge < -0.3 is 16.0 Å². The Morgan fingerprint density at radius 1 is 1.22 bits per heavy atom. The highest BCUT2D eigenvalue weighted by Gasteiger charge is 2.46. The molecule has 0 aliphatic heterocycles. The molecule has 3 aromatic heterocycles. The van der Waals surface area contributed by atoms with Crippen molar-refractivity contribution in [3.05, 3.63) is 57.3 Å². The van der Waals surface area contributed by atoms with E-state index in [2.05, 4.69) is 26.0 Å². The number of aryl methyl sites for hydroxylation is 2. The Kier molecular flexibility index (Phi) is 7.03. The molecule has 2 saturated carbocycles. The van der Waals surface area contributed by atoms with Gasteiger partial charge in [-0.15, -0.1) is 11.3 Å². The van der Waals surface area contributed by atoms with Gasteiger partial charge >= 0.3 is 0 Å². The van der Waals surface area contributed by atoms with Gasteiger partial charge in [0.2, 0.25) is 5.91 Å². The average Bonchev–Trinajstić information content (AvgIpc) is 3.21. The minimum atomic E-state index is -0.596. The van der Waals surface area contributed by atoms with Gasteiger partial charge in [0.05, 0.1) is 39.2 Å². The van der Waals surface area contributed by atoms with Crippen molar-refractivity contribution in [2.75, 3.05) is 10.6 Å². The second kappa shape index (κ2) is 10.2. The number of anilines is 2. The first kappa shape index (κ1) is 24.8. The summed E-state index contributed by atoms with van der Waals surface area (Å²) in [5.74, 6) is 1.68. The van der Waals surface area contributed by atoms with Gasteiger partial charge in [0, 0.05) is 24.3 Å². The maximum absolute atomic E-state index is 13.2. The summed E-state index contributed by atoms with van der Waals surface area (Å²) in [5, 5.41) is 14.0. The number of aromatic nitrogens is 3. The van der Waals surface area contributed by atoms with Crippen LogP contribution in [0.1, 0.15) is 58.9 Å². The molecule has 190 valence electrons. The summed E-state index contributed by atoms with van der Waals surface area (Å²) in [7, 11) is 1.80. The van der Waals surface area contributed by atoms with Crippen LogP contribution in [0.2, 0.25) is 5.02 Å². The smallest absolute Gasteiger partial charge is 0.262 e. The van der Waals surface area contributed by atoms with E-state index < -0.39 is 6.04 Å². The monoisotopic (exact) mass is 526 g/mol. The topological polar surface area (TPSA) is 101 Å². The maximum atomic E-state index is 13.2. The molecular weight excluding hydrogens is 496 g/mol. The summed E-state index contributed by atoms with van der Waals surface area (Å²) < 4.78 is 1.64. The van der Waals surface area contributed by atoms with E-state index >= 15 is 0 Å². The van der Waals surface area contributed by atoms with Gasteiger partial charge in [0.25, 0.3) is 5.91 Å². The molecule has 3 N–H and O–H groups in total. The molecule has 10 heteroatoms. The van der Waals surface area contributed by atoms with Gasteiger partial charge in [-0.2, -0.15) is 5.10 Å². The average molecular weight is 527 g/mol. The molecule has 5 rings (SSSR count). The zero-order chi connectivity index (χ0) is 25.4. The second-order valence-electron chi connectivity index (χ2n) is 10.1. The molecule has 2 amide bonds. The van der Waals surface area contributed by atoms with Gasteiger partial charge in [-0.25, -0.2) is 0 Å². The zero-order valence-electron chi connectivity index (χ0n) is 20.6. The van der Waals surface area contributed by atoms with E-state index in [4.69, 9.17) is 11.6 Å². The van der Waals surface area contributed by atoms with Crippen molar-refractivity contribution >= 4 is 46.1 Å². The molecule has 0 aromatic carbocycles. The van der Waals surface area contributed by atoms with Crippen molar-refractivity contribution in [3.63, 3.8) is 0 Å². The fourth-order valence-electron chi connectivity index (χ4n) is 5.21. The van der Waals surface area contributed by atoms with Crippen LogP contribution >= 0.6 is 22.9 Å². The Balaban J connectivity index is 1.25. The van der Waals surface area contributed by atoms with E-state index in [1.807, 2.05) is 32.0 Å². The highest BCUT2D eigenvalue weighted by atomic mass is 35.5. The third-order valence-corrected chi connectivity index (χ3v) is 8.68. The van der Waals surface area contributed by atoms with Crippen molar-refractivity contribution < 1.29 is 9.59 Å². The zero-order valence-corrected chi connectivity index (χ0v) is 22.2. The molecule has 36 heavy (non-hydrogen) atoms. The summed E-state index contributed by atoms with van der Waals surface area (Å²) >= 11 is 7.52. The molecule has 2 unspecified atom stereocenters. The number of nitrogens with one attached hydrogen (secondary N) is 3. The number of fused-ring (bicyclic) bond motifs is 1. The summed E-state index contributed by atoms with van der Waals surface area (Å²) in [5.41, 5.74) is 2.34. The van der Waals surface area contributed by atoms with E-state index in [0.717, 1.165) is 40.9 Å². The van der Waals surface area contributed by atoms with E-state index in [9.17, 15) is 9.59 Å². The van der Waals surface area contributed by atoms with E-state index in [-0.39, 0.29) is 17.9 Å². The number of hydrogen-bond acceptors (Lipinski definition) is 6. The van der Waals surface area contributed by atoms with E-state index in [0.29, 0.717) is 27.9 Å². The highest BCUT2D eigenvalue weighted by molar-refractivity contribution is 7.14. The molecule has 0 saturated heterocycles. The van der Waals surface area contributed by atoms with Gasteiger partial charge in [-0.1, -0.05) is 11.6 Å². The van der Waals surface area contributed by atoms with Crippen molar-refractivity contribution in [2.24, 2.45) is 24.8 Å². The van der Waals surface area contributed by atoms with Gasteiger partial charge in [-0.3, -0.25) is 19.3 Å². The minimum Gasteiger partial charge on any atom is -0.376 e. The highest BCUT2D eigenvalue weighted by Crippen LogP contribution is 2.55. The standard InChI is InChI=1S/C26H31ClN6O2S/c1-14-21(10-19(27)11-28-14)30-15(2)23-4-5-24(36-23)26(35)32-22(8-16-6-17-9-18(17)7-16)25(34)31-20-12-29-33(3)13-20/h4-5,10-13,15-18,22,30H,6-9H2,1-3H3,(H,31,34)(H,32,35)/t15-,16?,17?,18?,22-/m0/s1. The van der Waals surface area contributed by atoms with Crippen LogP contribution < -0.4 is 16.0 Å². The van der Waals surface area contributed by atoms with Crippen LogP contribution in [-0.4, -0.2) is 32.6 Å². The fourth-order valence-corrected chi connectivity index (χ4v) is 6.28. The van der Waals surface area contributed by atoms with Gasteiger partial charge in [0.1, 0.15) is 6.04 Å². The van der Waals surface area contributed by atoms with Crippen LogP contribution in [0.3, 0.4) is 0 Å². The quantitative estimate of drug-likeness (QED) is 0.356. The molecule has 4 atom stereocenters.